The highest BCUT2D eigenvalue weighted by molar-refractivity contribution is 4.72. The minimum atomic E-state index is -2.79. The maximum atomic E-state index is 12.1. The van der Waals surface area contributed by atoms with Crippen LogP contribution in [-0.4, -0.2) is 27.3 Å². The second-order valence-electron chi connectivity index (χ2n) is 3.36. The van der Waals surface area contributed by atoms with Crippen molar-refractivity contribution >= 4 is 0 Å². The van der Waals surface area contributed by atoms with E-state index in [1.54, 1.807) is 0 Å². The van der Waals surface area contributed by atoms with Gasteiger partial charge in [0, 0.05) is 29.0 Å². The smallest absolute Gasteiger partial charge is 0.210 e. The maximum Gasteiger partial charge on any atom is 0.210 e. The Morgan fingerprint density at radius 1 is 1.33 bits per heavy atom. The summed E-state index contributed by atoms with van der Waals surface area (Å²) in [5, 5.41) is 6.85. The molecule has 0 saturated carbocycles. The zero-order chi connectivity index (χ0) is 12.2. The van der Waals surface area contributed by atoms with Crippen molar-refractivity contribution in [1.82, 2.24) is 10.7 Å². The number of rotatable bonds is 6. The van der Waals surface area contributed by atoms with Gasteiger partial charge in [-0.15, -0.1) is 0 Å². The molecule has 9 heteroatoms. The quantitative estimate of drug-likeness (QED) is 0.232. The lowest BCUT2D eigenvalue weighted by Crippen LogP contribution is -2.46. The van der Waals surface area contributed by atoms with Crippen LogP contribution in [0.3, 0.4) is 0 Å². The van der Waals surface area contributed by atoms with Crippen molar-refractivity contribution in [2.75, 3.05) is 0 Å². The van der Waals surface area contributed by atoms with Crippen molar-refractivity contribution < 1.29 is 22.8 Å². The van der Waals surface area contributed by atoms with Gasteiger partial charge in [-0.25, -0.2) is 0 Å². The Morgan fingerprint density at radius 3 is 2.00 bits per heavy atom. The highest BCUT2D eigenvalue weighted by atomic mass is 19.4. The van der Waals surface area contributed by atoms with E-state index in [-0.39, 0.29) is 6.42 Å². The molecule has 0 aromatic heterocycles. The summed E-state index contributed by atoms with van der Waals surface area (Å²) in [6.45, 7) is 1.77. The second-order valence-corrected chi connectivity index (χ2v) is 3.36. The van der Waals surface area contributed by atoms with E-state index in [9.17, 15) is 28.0 Å². The number of hydrogen-bond donors (Lipinski definition) is 0. The summed E-state index contributed by atoms with van der Waals surface area (Å²) in [7, 11) is 0. The van der Waals surface area contributed by atoms with Gasteiger partial charge in [0.15, 0.2) is 5.66 Å². The van der Waals surface area contributed by atoms with Gasteiger partial charge in [0.1, 0.15) is 0 Å². The molecule has 0 aromatic carbocycles. The summed E-state index contributed by atoms with van der Waals surface area (Å²) in [4.78, 5) is 9.45. The number of halogens is 4. The highest BCUT2D eigenvalue weighted by Crippen LogP contribution is 2.28. The van der Waals surface area contributed by atoms with E-state index < -0.39 is 33.7 Å². The van der Waals surface area contributed by atoms with Crippen LogP contribution < -0.4 is 0 Å². The van der Waals surface area contributed by atoms with Crippen molar-refractivity contribution in [3.8, 4) is 0 Å². The molecule has 0 aliphatic heterocycles. The zero-order valence-electron chi connectivity index (χ0n) is 8.16. The van der Waals surface area contributed by atoms with Gasteiger partial charge in [-0.1, -0.05) is 17.9 Å². The topological polar surface area (TPSA) is 49.6 Å². The predicted molar refractivity (Wildman–Crippen MR) is 42.2 cm³/mol. The van der Waals surface area contributed by atoms with E-state index in [1.807, 2.05) is 0 Å². The van der Waals surface area contributed by atoms with Crippen molar-refractivity contribution in [1.29, 1.82) is 0 Å². The van der Waals surface area contributed by atoms with Crippen LogP contribution in [0.25, 0.3) is 0 Å². The zero-order valence-corrected chi connectivity index (χ0v) is 8.16. The molecule has 0 heterocycles. The fraction of sp³-hybridized carbons (Fsp3) is 1.00. The van der Waals surface area contributed by atoms with Crippen molar-refractivity contribution in [2.24, 2.45) is 0 Å². The average molecular weight is 233 g/mol. The number of nitro groups is 1. The van der Waals surface area contributed by atoms with Crippen LogP contribution in [0, 0.1) is 10.1 Å². The summed E-state index contributed by atoms with van der Waals surface area (Å²) in [5.41, 5.74) is -2.79. The fourth-order valence-corrected chi connectivity index (χ4v) is 0.814. The van der Waals surface area contributed by atoms with Crippen molar-refractivity contribution in [3.05, 3.63) is 10.1 Å². The molecular weight excluding hydrogens is 222 g/mol. The third-order valence-corrected chi connectivity index (χ3v) is 2.12. The van der Waals surface area contributed by atoms with E-state index in [4.69, 9.17) is 0 Å². The van der Waals surface area contributed by atoms with Crippen molar-refractivity contribution in [2.45, 2.75) is 38.4 Å². The molecule has 0 fully saturated rings. The monoisotopic (exact) mass is 233 g/mol. The van der Waals surface area contributed by atoms with Crippen molar-refractivity contribution in [3.63, 3.8) is 0 Å². The lowest BCUT2D eigenvalue weighted by atomic mass is 10.0. The minimum absolute atomic E-state index is 0.363. The van der Waals surface area contributed by atoms with Gasteiger partial charge in [-0.2, -0.15) is 0 Å². The van der Waals surface area contributed by atoms with Gasteiger partial charge in [0.05, 0.1) is 0 Å². The minimum Gasteiger partial charge on any atom is -0.264 e. The lowest BCUT2D eigenvalue weighted by molar-refractivity contribution is -0.520. The summed E-state index contributed by atoms with van der Waals surface area (Å²) in [6, 6.07) is -1.13. The van der Waals surface area contributed by atoms with E-state index in [1.165, 1.54) is 6.92 Å². The molecule has 0 spiro atoms. The first-order chi connectivity index (χ1) is 6.71. The van der Waals surface area contributed by atoms with Gasteiger partial charge in [-0.3, -0.25) is 10.1 Å². The molecule has 0 aliphatic carbocycles. The third-order valence-electron chi connectivity index (χ3n) is 2.12. The van der Waals surface area contributed by atoms with Crippen LogP contribution in [0.1, 0.15) is 26.7 Å². The van der Waals surface area contributed by atoms with Crippen LogP contribution in [0.5, 0.6) is 0 Å². The molecule has 0 N–H and O–H groups in total. The Hall–Kier alpha value is -0.960. The molecular formula is C6H11F4N3O2. The average Bonchev–Trinajstić information content (AvgIpc) is 2.12. The highest BCUT2D eigenvalue weighted by Gasteiger charge is 2.43. The van der Waals surface area contributed by atoms with Gasteiger partial charge < -0.3 is 0 Å². The number of nitrogens with zero attached hydrogens (tertiary/aromatic N) is 3. The van der Waals surface area contributed by atoms with Gasteiger partial charge in [0.2, 0.25) is 6.04 Å². The Kier molecular flexibility index (Phi) is 4.88. The first-order valence-electron chi connectivity index (χ1n) is 4.09. The molecule has 0 radical (unpaired) electrons. The lowest BCUT2D eigenvalue weighted by Gasteiger charge is -2.28. The Labute approximate surface area is 83.1 Å². The molecule has 0 saturated heterocycles. The SMILES string of the molecule is CC(CCC(C)(N(F)F)N(F)F)[N+](=O)[O-]. The maximum absolute atomic E-state index is 12.1. The molecule has 0 rings (SSSR count). The van der Waals surface area contributed by atoms with E-state index in [0.29, 0.717) is 6.92 Å². The fourth-order valence-electron chi connectivity index (χ4n) is 0.814. The molecule has 1 unspecified atom stereocenters. The van der Waals surface area contributed by atoms with E-state index in [2.05, 4.69) is 0 Å². The van der Waals surface area contributed by atoms with E-state index >= 15 is 0 Å². The summed E-state index contributed by atoms with van der Waals surface area (Å²) in [6.07, 6.45) is -1.08. The molecule has 0 bridgehead atoms. The molecule has 0 aliphatic rings. The molecule has 5 nitrogen and oxygen atoms in total. The molecule has 15 heavy (non-hydrogen) atoms. The van der Waals surface area contributed by atoms with Crippen LogP contribution in [0.2, 0.25) is 0 Å². The van der Waals surface area contributed by atoms with Gasteiger partial charge in [0.25, 0.3) is 0 Å². The van der Waals surface area contributed by atoms with E-state index in [0.717, 1.165) is 0 Å². The first-order valence-corrected chi connectivity index (χ1v) is 4.09. The van der Waals surface area contributed by atoms with Gasteiger partial charge >= 0.3 is 0 Å². The predicted octanol–water partition coefficient (Wildman–Crippen LogP) is 2.29. The van der Waals surface area contributed by atoms with Crippen LogP contribution in [-0.2, 0) is 0 Å². The third kappa shape index (κ3) is 3.59. The Balaban J connectivity index is 4.38. The number of hydrogen-bond acceptors (Lipinski definition) is 4. The molecule has 0 aromatic rings. The van der Waals surface area contributed by atoms with Crippen LogP contribution >= 0.6 is 0 Å². The van der Waals surface area contributed by atoms with Crippen LogP contribution in [0.15, 0.2) is 0 Å². The first kappa shape index (κ1) is 14.0. The summed E-state index contributed by atoms with van der Waals surface area (Å²) in [5.74, 6) is 0. The molecule has 90 valence electrons. The second kappa shape index (κ2) is 5.21. The summed E-state index contributed by atoms with van der Waals surface area (Å²) < 4.78 is 48.5. The van der Waals surface area contributed by atoms with Crippen LogP contribution in [0.4, 0.5) is 17.9 Å². The Bertz CT molecular complexity index is 218. The molecule has 0 amide bonds. The largest absolute Gasteiger partial charge is 0.264 e. The standard InChI is InChI=1S/C6H11F4N3O2/c1-5(11(14)15)3-4-6(2,12(7)8)13(9)10/h5H,3-4H2,1-2H3. The normalized spacial score (nSPS) is 14.7. The molecule has 1 atom stereocenters. The Morgan fingerprint density at radius 2 is 1.73 bits per heavy atom. The van der Waals surface area contributed by atoms with Gasteiger partial charge in [-0.05, 0) is 13.3 Å². The summed E-state index contributed by atoms with van der Waals surface area (Å²) >= 11 is 0.